The van der Waals surface area contributed by atoms with Crippen LogP contribution in [0.4, 0.5) is 0 Å². The number of benzene rings is 3. The molecule has 0 aliphatic rings. The Labute approximate surface area is 130 Å². The third-order valence-electron chi connectivity index (χ3n) is 4.29. The number of aryl methyl sites for hydroxylation is 3. The van der Waals surface area contributed by atoms with Crippen LogP contribution in [-0.2, 0) is 0 Å². The first-order valence-electron chi connectivity index (χ1n) is 7.72. The van der Waals surface area contributed by atoms with Crippen molar-refractivity contribution in [2.75, 3.05) is 0 Å². The van der Waals surface area contributed by atoms with Gasteiger partial charge >= 0.3 is 0 Å². The molecule has 22 heavy (non-hydrogen) atoms. The fraction of sp³-hybridized carbons (Fsp3) is 0.143. The van der Waals surface area contributed by atoms with E-state index in [4.69, 9.17) is 0 Å². The Bertz CT molecular complexity index is 985. The summed E-state index contributed by atoms with van der Waals surface area (Å²) in [5, 5.41) is 2.65. The molecule has 0 unspecified atom stereocenters. The summed E-state index contributed by atoms with van der Waals surface area (Å²) >= 11 is 0. The predicted octanol–water partition coefficient (Wildman–Crippen LogP) is 5.71. The summed E-state index contributed by atoms with van der Waals surface area (Å²) in [6.07, 6.45) is 0. The number of hydrogen-bond acceptors (Lipinski definition) is 0. The van der Waals surface area contributed by atoms with E-state index in [9.17, 15) is 0 Å². The van der Waals surface area contributed by atoms with Gasteiger partial charge in [0.15, 0.2) is 0 Å². The summed E-state index contributed by atoms with van der Waals surface area (Å²) in [6, 6.07) is 22.1. The van der Waals surface area contributed by atoms with E-state index in [2.05, 4.69) is 86.0 Å². The minimum absolute atomic E-state index is 1.24. The molecule has 1 nitrogen and oxygen atoms in total. The lowest BCUT2D eigenvalue weighted by atomic mass is 10.1. The number of nitrogens with zero attached hydrogens (tertiary/aromatic N) is 1. The van der Waals surface area contributed by atoms with Crippen LogP contribution in [0.2, 0.25) is 0 Å². The zero-order valence-corrected chi connectivity index (χ0v) is 13.2. The highest BCUT2D eigenvalue weighted by Gasteiger charge is 2.12. The molecule has 0 spiro atoms. The third kappa shape index (κ3) is 1.93. The summed E-state index contributed by atoms with van der Waals surface area (Å²) in [6.45, 7) is 6.48. The van der Waals surface area contributed by atoms with Gasteiger partial charge in [0.05, 0.1) is 11.0 Å². The first kappa shape index (κ1) is 13.1. The lowest BCUT2D eigenvalue weighted by Gasteiger charge is -2.10. The Kier molecular flexibility index (Phi) is 2.83. The maximum atomic E-state index is 2.38. The Morgan fingerprint density at radius 2 is 1.27 bits per heavy atom. The molecule has 3 aromatic carbocycles. The first-order valence-corrected chi connectivity index (χ1v) is 7.72. The average molecular weight is 285 g/mol. The molecule has 1 heterocycles. The maximum absolute atomic E-state index is 2.38. The standard InChI is InChI=1S/C21H19N/c1-14-8-9-21-19(13-14)18-6-4-5-7-20(18)22(21)17-11-15(2)10-16(3)12-17/h4-13H,1-3H3. The highest BCUT2D eigenvalue weighted by molar-refractivity contribution is 6.09. The van der Waals surface area contributed by atoms with Gasteiger partial charge in [0.25, 0.3) is 0 Å². The molecular formula is C21H19N. The van der Waals surface area contributed by atoms with Gasteiger partial charge in [0.2, 0.25) is 0 Å². The van der Waals surface area contributed by atoms with E-state index in [1.54, 1.807) is 0 Å². The Balaban J connectivity index is 2.19. The Hall–Kier alpha value is -2.54. The van der Waals surface area contributed by atoms with Crippen molar-refractivity contribution in [3.05, 3.63) is 77.4 Å². The number of fused-ring (bicyclic) bond motifs is 3. The van der Waals surface area contributed by atoms with Crippen LogP contribution < -0.4 is 0 Å². The van der Waals surface area contributed by atoms with Crippen LogP contribution in [0.25, 0.3) is 27.5 Å². The van der Waals surface area contributed by atoms with E-state index < -0.39 is 0 Å². The van der Waals surface area contributed by atoms with Crippen molar-refractivity contribution in [2.24, 2.45) is 0 Å². The molecule has 4 aromatic rings. The van der Waals surface area contributed by atoms with E-state index >= 15 is 0 Å². The second-order valence-electron chi connectivity index (χ2n) is 6.22. The van der Waals surface area contributed by atoms with Crippen LogP contribution in [-0.4, -0.2) is 4.57 Å². The van der Waals surface area contributed by atoms with Gasteiger partial charge < -0.3 is 4.57 Å². The molecule has 4 rings (SSSR count). The van der Waals surface area contributed by atoms with Crippen LogP contribution >= 0.6 is 0 Å². The van der Waals surface area contributed by atoms with Crippen molar-refractivity contribution in [3.8, 4) is 5.69 Å². The van der Waals surface area contributed by atoms with E-state index in [0.717, 1.165) is 0 Å². The Morgan fingerprint density at radius 1 is 0.591 bits per heavy atom. The molecule has 0 aliphatic carbocycles. The van der Waals surface area contributed by atoms with E-state index in [1.807, 2.05) is 0 Å². The maximum Gasteiger partial charge on any atom is 0.0541 e. The normalized spacial score (nSPS) is 11.4. The van der Waals surface area contributed by atoms with Gasteiger partial charge in [-0.1, -0.05) is 35.9 Å². The Morgan fingerprint density at radius 3 is 2.05 bits per heavy atom. The third-order valence-corrected chi connectivity index (χ3v) is 4.29. The van der Waals surface area contributed by atoms with E-state index in [-0.39, 0.29) is 0 Å². The van der Waals surface area contributed by atoms with Crippen LogP contribution in [0.1, 0.15) is 16.7 Å². The van der Waals surface area contributed by atoms with Crippen LogP contribution in [0.5, 0.6) is 0 Å². The molecule has 0 bridgehead atoms. The molecule has 0 fully saturated rings. The molecule has 0 aliphatic heterocycles. The van der Waals surface area contributed by atoms with Gasteiger partial charge in [0, 0.05) is 16.5 Å². The molecule has 0 saturated carbocycles. The van der Waals surface area contributed by atoms with Crippen LogP contribution in [0.3, 0.4) is 0 Å². The van der Waals surface area contributed by atoms with Gasteiger partial charge in [-0.3, -0.25) is 0 Å². The van der Waals surface area contributed by atoms with E-state index in [1.165, 1.54) is 44.2 Å². The minimum Gasteiger partial charge on any atom is -0.309 e. The zero-order valence-electron chi connectivity index (χ0n) is 13.2. The summed E-state index contributed by atoms with van der Waals surface area (Å²) in [7, 11) is 0. The second-order valence-corrected chi connectivity index (χ2v) is 6.22. The topological polar surface area (TPSA) is 4.93 Å². The van der Waals surface area contributed by atoms with Gasteiger partial charge in [-0.05, 0) is 62.2 Å². The fourth-order valence-electron chi connectivity index (χ4n) is 3.44. The van der Waals surface area contributed by atoms with Crippen molar-refractivity contribution < 1.29 is 0 Å². The molecule has 108 valence electrons. The summed E-state index contributed by atoms with van der Waals surface area (Å²) in [4.78, 5) is 0. The molecule has 0 atom stereocenters. The van der Waals surface area contributed by atoms with E-state index in [0.29, 0.717) is 0 Å². The molecule has 1 heteroatoms. The number of rotatable bonds is 1. The van der Waals surface area contributed by atoms with Crippen molar-refractivity contribution in [1.29, 1.82) is 0 Å². The molecule has 0 amide bonds. The lowest BCUT2D eigenvalue weighted by Crippen LogP contribution is -1.95. The SMILES string of the molecule is Cc1cc(C)cc(-n2c3ccccc3c3cc(C)ccc32)c1. The molecule has 0 radical (unpaired) electrons. The van der Waals surface area contributed by atoms with Crippen LogP contribution in [0, 0.1) is 20.8 Å². The summed E-state index contributed by atoms with van der Waals surface area (Å²) < 4.78 is 2.38. The fourth-order valence-corrected chi connectivity index (χ4v) is 3.44. The van der Waals surface area contributed by atoms with Crippen LogP contribution in [0.15, 0.2) is 60.7 Å². The second kappa shape index (κ2) is 4.74. The lowest BCUT2D eigenvalue weighted by molar-refractivity contribution is 1.16. The van der Waals surface area contributed by atoms with Gasteiger partial charge in [0.1, 0.15) is 0 Å². The molecule has 1 aromatic heterocycles. The number of hydrogen-bond donors (Lipinski definition) is 0. The van der Waals surface area contributed by atoms with Gasteiger partial charge in [-0.25, -0.2) is 0 Å². The van der Waals surface area contributed by atoms with Gasteiger partial charge in [-0.15, -0.1) is 0 Å². The van der Waals surface area contributed by atoms with Crippen molar-refractivity contribution >= 4 is 21.8 Å². The quantitative estimate of drug-likeness (QED) is 0.422. The molecular weight excluding hydrogens is 266 g/mol. The number of aromatic nitrogens is 1. The minimum atomic E-state index is 1.24. The first-order chi connectivity index (χ1) is 10.6. The van der Waals surface area contributed by atoms with Crippen molar-refractivity contribution in [2.45, 2.75) is 20.8 Å². The average Bonchev–Trinajstić information content (AvgIpc) is 2.80. The van der Waals surface area contributed by atoms with Gasteiger partial charge in [-0.2, -0.15) is 0 Å². The summed E-state index contributed by atoms with van der Waals surface area (Å²) in [5.41, 5.74) is 7.69. The number of para-hydroxylation sites is 1. The highest BCUT2D eigenvalue weighted by Crippen LogP contribution is 2.32. The largest absolute Gasteiger partial charge is 0.309 e. The smallest absolute Gasteiger partial charge is 0.0541 e. The molecule has 0 saturated heterocycles. The monoisotopic (exact) mass is 285 g/mol. The van der Waals surface area contributed by atoms with Crippen molar-refractivity contribution in [3.63, 3.8) is 0 Å². The zero-order chi connectivity index (χ0) is 15.3. The highest BCUT2D eigenvalue weighted by atomic mass is 15.0. The predicted molar refractivity (Wildman–Crippen MR) is 95.0 cm³/mol. The molecule has 0 N–H and O–H groups in total. The van der Waals surface area contributed by atoms with Crippen molar-refractivity contribution in [1.82, 2.24) is 4.57 Å². The summed E-state index contributed by atoms with van der Waals surface area (Å²) in [5.74, 6) is 0.